The van der Waals surface area contributed by atoms with Crippen LogP contribution in [0.3, 0.4) is 0 Å². The van der Waals surface area contributed by atoms with Gasteiger partial charge < -0.3 is 16.2 Å². The lowest BCUT2D eigenvalue weighted by molar-refractivity contribution is 0.0912. The van der Waals surface area contributed by atoms with E-state index in [0.717, 1.165) is 16.8 Å². The SMILES string of the molecule is Cc1nn(C)cc1-c1cnc(N)c(-c2ccc(C(=O)N[C@H](CO)c3cccc(Cl)c3)c(F)c2)c1. The van der Waals surface area contributed by atoms with Crippen LogP contribution in [0, 0.1) is 12.7 Å². The van der Waals surface area contributed by atoms with Crippen LogP contribution in [-0.4, -0.2) is 32.4 Å². The number of nitrogens with one attached hydrogen (secondary N) is 1. The van der Waals surface area contributed by atoms with Crippen molar-refractivity contribution < 1.29 is 14.3 Å². The van der Waals surface area contributed by atoms with Crippen molar-refractivity contribution in [3.05, 3.63) is 88.6 Å². The topological polar surface area (TPSA) is 106 Å². The molecule has 0 aliphatic carbocycles. The maximum absolute atomic E-state index is 15.0. The van der Waals surface area contributed by atoms with Gasteiger partial charge in [-0.05, 0) is 48.4 Å². The van der Waals surface area contributed by atoms with Crippen molar-refractivity contribution in [2.75, 3.05) is 12.3 Å². The average molecular weight is 480 g/mol. The second-order valence-electron chi connectivity index (χ2n) is 7.92. The third kappa shape index (κ3) is 4.78. The number of nitrogens with zero attached hydrogens (tertiary/aromatic N) is 3. The number of carbonyl (C=O) groups is 1. The fraction of sp³-hybridized carbons (Fsp3) is 0.160. The summed E-state index contributed by atoms with van der Waals surface area (Å²) in [4.78, 5) is 17.0. The highest BCUT2D eigenvalue weighted by Gasteiger charge is 2.19. The molecule has 4 rings (SSSR count). The van der Waals surface area contributed by atoms with Crippen molar-refractivity contribution >= 4 is 23.3 Å². The molecular formula is C25H23ClFN5O2. The van der Waals surface area contributed by atoms with Crippen molar-refractivity contribution in [1.29, 1.82) is 0 Å². The number of hydrogen-bond acceptors (Lipinski definition) is 5. The first-order valence-corrected chi connectivity index (χ1v) is 10.9. The summed E-state index contributed by atoms with van der Waals surface area (Å²) < 4.78 is 16.7. The molecule has 4 aromatic rings. The third-order valence-electron chi connectivity index (χ3n) is 5.51. The summed E-state index contributed by atoms with van der Waals surface area (Å²) in [6.07, 6.45) is 3.52. The lowest BCUT2D eigenvalue weighted by Crippen LogP contribution is -2.31. The molecule has 174 valence electrons. The molecule has 9 heteroatoms. The zero-order chi connectivity index (χ0) is 24.4. The summed E-state index contributed by atoms with van der Waals surface area (Å²) in [6.45, 7) is 1.52. The number of aryl methyl sites for hydroxylation is 2. The molecule has 1 atom stereocenters. The van der Waals surface area contributed by atoms with Crippen LogP contribution in [0.1, 0.15) is 27.7 Å². The molecule has 0 saturated carbocycles. The van der Waals surface area contributed by atoms with E-state index in [1.165, 1.54) is 12.1 Å². The van der Waals surface area contributed by atoms with Gasteiger partial charge >= 0.3 is 0 Å². The molecule has 0 radical (unpaired) electrons. The fourth-order valence-electron chi connectivity index (χ4n) is 3.80. The van der Waals surface area contributed by atoms with Crippen molar-refractivity contribution in [2.45, 2.75) is 13.0 Å². The minimum absolute atomic E-state index is 0.157. The lowest BCUT2D eigenvalue weighted by atomic mass is 9.99. The number of nitrogens with two attached hydrogens (primary N) is 1. The normalized spacial score (nSPS) is 11.9. The van der Waals surface area contributed by atoms with Gasteiger partial charge in [0, 0.05) is 41.2 Å². The van der Waals surface area contributed by atoms with E-state index in [4.69, 9.17) is 17.3 Å². The summed E-state index contributed by atoms with van der Waals surface area (Å²) in [7, 11) is 1.83. The molecule has 0 aliphatic heterocycles. The number of anilines is 1. The molecule has 0 saturated heterocycles. The van der Waals surface area contributed by atoms with E-state index in [9.17, 15) is 9.90 Å². The van der Waals surface area contributed by atoms with Gasteiger partial charge in [0.2, 0.25) is 0 Å². The number of hydrogen-bond donors (Lipinski definition) is 3. The van der Waals surface area contributed by atoms with Crippen molar-refractivity contribution in [3.63, 3.8) is 0 Å². The molecular weight excluding hydrogens is 457 g/mol. The molecule has 4 N–H and O–H groups in total. The summed E-state index contributed by atoms with van der Waals surface area (Å²) in [6, 6.07) is 12.1. The predicted molar refractivity (Wildman–Crippen MR) is 130 cm³/mol. The quantitative estimate of drug-likeness (QED) is 0.382. The number of amides is 1. The first kappa shape index (κ1) is 23.4. The van der Waals surface area contributed by atoms with Gasteiger partial charge in [-0.25, -0.2) is 9.37 Å². The number of halogens is 2. The van der Waals surface area contributed by atoms with E-state index in [1.807, 2.05) is 26.2 Å². The number of aromatic nitrogens is 3. The van der Waals surface area contributed by atoms with Gasteiger partial charge in [0.15, 0.2) is 0 Å². The number of rotatable bonds is 6. The Labute approximate surface area is 201 Å². The molecule has 0 fully saturated rings. The minimum Gasteiger partial charge on any atom is -0.394 e. The van der Waals surface area contributed by atoms with E-state index in [-0.39, 0.29) is 18.0 Å². The monoisotopic (exact) mass is 479 g/mol. The number of pyridine rings is 1. The van der Waals surface area contributed by atoms with Gasteiger partial charge in [0.1, 0.15) is 11.6 Å². The highest BCUT2D eigenvalue weighted by atomic mass is 35.5. The third-order valence-corrected chi connectivity index (χ3v) is 5.74. The van der Waals surface area contributed by atoms with Crippen LogP contribution in [0.15, 0.2) is 60.9 Å². The van der Waals surface area contributed by atoms with Crippen LogP contribution in [0.25, 0.3) is 22.3 Å². The van der Waals surface area contributed by atoms with E-state index in [2.05, 4.69) is 15.4 Å². The van der Waals surface area contributed by atoms with Gasteiger partial charge in [-0.3, -0.25) is 9.48 Å². The minimum atomic E-state index is -0.732. The first-order valence-electron chi connectivity index (χ1n) is 10.5. The van der Waals surface area contributed by atoms with Gasteiger partial charge in [-0.15, -0.1) is 0 Å². The molecule has 0 aliphatic rings. The average Bonchev–Trinajstić information content (AvgIpc) is 3.15. The molecule has 7 nitrogen and oxygen atoms in total. The van der Waals surface area contributed by atoms with Crippen LogP contribution < -0.4 is 11.1 Å². The van der Waals surface area contributed by atoms with Gasteiger partial charge in [-0.2, -0.15) is 5.10 Å². The van der Waals surface area contributed by atoms with Crippen LogP contribution in [0.4, 0.5) is 10.2 Å². The molecule has 0 unspecified atom stereocenters. The zero-order valence-corrected chi connectivity index (χ0v) is 19.3. The van der Waals surface area contributed by atoms with Gasteiger partial charge in [0.25, 0.3) is 5.91 Å². The highest BCUT2D eigenvalue weighted by Crippen LogP contribution is 2.31. The van der Waals surface area contributed by atoms with Crippen molar-refractivity contribution in [2.24, 2.45) is 7.05 Å². The second kappa shape index (κ2) is 9.62. The van der Waals surface area contributed by atoms with Crippen molar-refractivity contribution in [3.8, 4) is 22.3 Å². The number of benzene rings is 2. The Morgan fingerprint density at radius 1 is 1.21 bits per heavy atom. The van der Waals surface area contributed by atoms with Crippen LogP contribution in [-0.2, 0) is 7.05 Å². The Hall–Kier alpha value is -3.75. The fourth-order valence-corrected chi connectivity index (χ4v) is 4.00. The van der Waals surface area contributed by atoms with E-state index >= 15 is 4.39 Å². The van der Waals surface area contributed by atoms with E-state index in [0.29, 0.717) is 21.7 Å². The molecule has 0 spiro atoms. The van der Waals surface area contributed by atoms with Crippen LogP contribution in [0.5, 0.6) is 0 Å². The Bertz CT molecular complexity index is 1370. The second-order valence-corrected chi connectivity index (χ2v) is 8.35. The number of aliphatic hydroxyl groups is 1. The predicted octanol–water partition coefficient (Wildman–Crippen LogP) is 4.30. The number of nitrogen functional groups attached to an aromatic ring is 1. The smallest absolute Gasteiger partial charge is 0.254 e. The molecule has 0 bridgehead atoms. The number of aliphatic hydroxyl groups excluding tert-OH is 1. The summed E-state index contributed by atoms with van der Waals surface area (Å²) >= 11 is 6.00. The lowest BCUT2D eigenvalue weighted by Gasteiger charge is -2.17. The van der Waals surface area contributed by atoms with Gasteiger partial charge in [-0.1, -0.05) is 29.8 Å². The molecule has 1 amide bonds. The Balaban J connectivity index is 1.61. The van der Waals surface area contributed by atoms with E-state index in [1.54, 1.807) is 41.2 Å². The summed E-state index contributed by atoms with van der Waals surface area (Å²) in [5.74, 6) is -1.14. The van der Waals surface area contributed by atoms with Gasteiger partial charge in [0.05, 0.1) is 23.9 Å². The van der Waals surface area contributed by atoms with Crippen LogP contribution >= 0.6 is 11.6 Å². The van der Waals surface area contributed by atoms with Crippen molar-refractivity contribution in [1.82, 2.24) is 20.1 Å². The largest absolute Gasteiger partial charge is 0.394 e. The Morgan fingerprint density at radius 2 is 2.00 bits per heavy atom. The van der Waals surface area contributed by atoms with Crippen LogP contribution in [0.2, 0.25) is 5.02 Å². The highest BCUT2D eigenvalue weighted by molar-refractivity contribution is 6.30. The van der Waals surface area contributed by atoms with E-state index < -0.39 is 17.8 Å². The number of carbonyl (C=O) groups excluding carboxylic acids is 1. The maximum Gasteiger partial charge on any atom is 0.254 e. The Kier molecular flexibility index (Phi) is 6.63. The first-order chi connectivity index (χ1) is 16.3. The summed E-state index contributed by atoms with van der Waals surface area (Å²) in [5, 5.41) is 17.2. The molecule has 2 aromatic carbocycles. The molecule has 34 heavy (non-hydrogen) atoms. The Morgan fingerprint density at radius 3 is 2.65 bits per heavy atom. The molecule has 2 aromatic heterocycles. The standard InChI is InChI=1S/C25H23ClFN5O2/c1-14-21(12-32(2)31-14)17-9-20(24(28)29-11-17)15-6-7-19(22(27)10-15)25(34)30-23(13-33)16-4-3-5-18(26)8-16/h3-12,23,33H,13H2,1-2H3,(H2,28,29)(H,30,34)/t23-/m1/s1. The maximum atomic E-state index is 15.0. The summed E-state index contributed by atoms with van der Waals surface area (Å²) in [5.41, 5.74) is 10.1. The zero-order valence-electron chi connectivity index (χ0n) is 18.6. The molecule has 2 heterocycles.